The normalized spacial score (nSPS) is 17.0. The third kappa shape index (κ3) is 4.53. The smallest absolute Gasteiger partial charge is 0.316 e. The number of hydrogen-bond acceptors (Lipinski definition) is 3. The zero-order chi connectivity index (χ0) is 17.8. The highest BCUT2D eigenvalue weighted by Gasteiger charge is 2.35. The largest absolute Gasteiger partial charge is 0.425 e. The summed E-state index contributed by atoms with van der Waals surface area (Å²) in [5.74, 6) is -0.693. The van der Waals surface area contributed by atoms with Gasteiger partial charge in [-0.2, -0.15) is 0 Å². The Morgan fingerprint density at radius 3 is 2.64 bits per heavy atom. The third-order valence-electron chi connectivity index (χ3n) is 4.17. The molecule has 0 aromatic heterocycles. The van der Waals surface area contributed by atoms with Crippen LogP contribution in [0.2, 0.25) is 10.0 Å². The second kappa shape index (κ2) is 7.89. The van der Waals surface area contributed by atoms with E-state index in [0.29, 0.717) is 18.1 Å². The fraction of sp³-hybridized carbons (Fsp3) is 0.263. The molecule has 1 atom stereocenters. The van der Waals surface area contributed by atoms with Gasteiger partial charge in [-0.15, -0.1) is 0 Å². The summed E-state index contributed by atoms with van der Waals surface area (Å²) in [6, 6.07) is 14.6. The van der Waals surface area contributed by atoms with Crippen LogP contribution in [0.25, 0.3) is 0 Å². The summed E-state index contributed by atoms with van der Waals surface area (Å²) in [5.41, 5.74) is 1.16. The van der Waals surface area contributed by atoms with E-state index in [1.54, 1.807) is 17.0 Å². The minimum atomic E-state index is -0.477. The maximum Gasteiger partial charge on any atom is 0.316 e. The van der Waals surface area contributed by atoms with E-state index in [0.717, 1.165) is 12.0 Å². The Kier molecular flexibility index (Phi) is 5.61. The van der Waals surface area contributed by atoms with Gasteiger partial charge in [0.1, 0.15) is 5.75 Å². The molecule has 2 aromatic rings. The van der Waals surface area contributed by atoms with E-state index in [1.807, 2.05) is 30.3 Å². The number of likely N-dealkylation sites (tertiary alicyclic amines) is 1. The predicted octanol–water partition coefficient (Wildman–Crippen LogP) is 3.99. The van der Waals surface area contributed by atoms with Gasteiger partial charge in [0, 0.05) is 24.5 Å². The zero-order valence-electron chi connectivity index (χ0n) is 13.5. The molecule has 1 amide bonds. The quantitative estimate of drug-likeness (QED) is 0.584. The molecular weight excluding hydrogens is 361 g/mol. The molecule has 0 spiro atoms. The van der Waals surface area contributed by atoms with Gasteiger partial charge in [-0.1, -0.05) is 53.5 Å². The van der Waals surface area contributed by atoms with Crippen LogP contribution >= 0.6 is 23.2 Å². The van der Waals surface area contributed by atoms with Crippen molar-refractivity contribution in [2.45, 2.75) is 12.8 Å². The fourth-order valence-corrected chi connectivity index (χ4v) is 3.25. The Morgan fingerprint density at radius 1 is 1.16 bits per heavy atom. The number of hydrogen-bond donors (Lipinski definition) is 0. The van der Waals surface area contributed by atoms with Gasteiger partial charge in [-0.05, 0) is 30.2 Å². The molecule has 25 heavy (non-hydrogen) atoms. The van der Waals surface area contributed by atoms with E-state index in [9.17, 15) is 9.59 Å². The molecule has 4 nitrogen and oxygen atoms in total. The first-order valence-corrected chi connectivity index (χ1v) is 8.77. The summed E-state index contributed by atoms with van der Waals surface area (Å²) in [6.07, 6.45) is 0.927. The van der Waals surface area contributed by atoms with Gasteiger partial charge in [0.15, 0.2) is 0 Å². The standard InChI is InChI=1S/C19H17Cl2NO3/c20-15-6-7-17(16(21)11-15)25-19(24)14-10-18(23)22(12-14)9-8-13-4-2-1-3-5-13/h1-7,11,14H,8-10,12H2. The minimum absolute atomic E-state index is 0.0277. The molecule has 0 bridgehead atoms. The van der Waals surface area contributed by atoms with Crippen LogP contribution in [-0.2, 0) is 16.0 Å². The second-order valence-electron chi connectivity index (χ2n) is 5.97. The van der Waals surface area contributed by atoms with Crippen molar-refractivity contribution >= 4 is 35.1 Å². The van der Waals surface area contributed by atoms with Crippen molar-refractivity contribution in [2.75, 3.05) is 13.1 Å². The minimum Gasteiger partial charge on any atom is -0.425 e. The van der Waals surface area contributed by atoms with E-state index < -0.39 is 11.9 Å². The zero-order valence-corrected chi connectivity index (χ0v) is 15.0. The summed E-state index contributed by atoms with van der Waals surface area (Å²) in [6.45, 7) is 0.962. The lowest BCUT2D eigenvalue weighted by molar-refractivity contribution is -0.139. The average molecular weight is 378 g/mol. The summed E-state index contributed by atoms with van der Waals surface area (Å²) in [4.78, 5) is 26.2. The van der Waals surface area contributed by atoms with E-state index in [4.69, 9.17) is 27.9 Å². The van der Waals surface area contributed by atoms with Crippen molar-refractivity contribution in [1.29, 1.82) is 0 Å². The summed E-state index contributed by atoms with van der Waals surface area (Å²) in [5, 5.41) is 0.735. The number of carbonyl (C=O) groups excluding carboxylic acids is 2. The van der Waals surface area contributed by atoms with Gasteiger partial charge in [-0.3, -0.25) is 9.59 Å². The van der Waals surface area contributed by atoms with Crippen LogP contribution in [0, 0.1) is 5.92 Å². The van der Waals surface area contributed by atoms with Gasteiger partial charge in [0.25, 0.3) is 0 Å². The predicted molar refractivity (Wildman–Crippen MR) is 96.9 cm³/mol. The van der Waals surface area contributed by atoms with E-state index >= 15 is 0 Å². The molecule has 130 valence electrons. The van der Waals surface area contributed by atoms with E-state index in [2.05, 4.69) is 0 Å². The molecule has 1 aliphatic heterocycles. The number of rotatable bonds is 5. The number of carbonyl (C=O) groups is 2. The Labute approximate surface area is 156 Å². The first kappa shape index (κ1) is 17.8. The second-order valence-corrected chi connectivity index (χ2v) is 6.82. The van der Waals surface area contributed by atoms with Crippen molar-refractivity contribution in [2.24, 2.45) is 5.92 Å². The molecule has 1 saturated heterocycles. The van der Waals surface area contributed by atoms with Crippen molar-refractivity contribution in [3.63, 3.8) is 0 Å². The summed E-state index contributed by atoms with van der Waals surface area (Å²) >= 11 is 11.8. The fourth-order valence-electron chi connectivity index (χ4n) is 2.80. The lowest BCUT2D eigenvalue weighted by Crippen LogP contribution is -2.29. The van der Waals surface area contributed by atoms with Crippen LogP contribution in [0.4, 0.5) is 0 Å². The highest BCUT2D eigenvalue weighted by molar-refractivity contribution is 6.35. The monoisotopic (exact) mass is 377 g/mol. The number of halogens is 2. The molecule has 0 aliphatic carbocycles. The Bertz CT molecular complexity index is 779. The lowest BCUT2D eigenvalue weighted by atomic mass is 10.1. The molecule has 1 fully saturated rings. The van der Waals surface area contributed by atoms with Crippen molar-refractivity contribution in [3.8, 4) is 5.75 Å². The number of nitrogens with zero attached hydrogens (tertiary/aromatic N) is 1. The highest BCUT2D eigenvalue weighted by Crippen LogP contribution is 2.29. The van der Waals surface area contributed by atoms with Crippen LogP contribution in [0.5, 0.6) is 5.75 Å². The van der Waals surface area contributed by atoms with Gasteiger partial charge < -0.3 is 9.64 Å². The number of esters is 1. The highest BCUT2D eigenvalue weighted by atomic mass is 35.5. The van der Waals surface area contributed by atoms with Crippen LogP contribution in [0.15, 0.2) is 48.5 Å². The van der Waals surface area contributed by atoms with Crippen molar-refractivity contribution < 1.29 is 14.3 Å². The Balaban J connectivity index is 1.57. The Hall–Kier alpha value is -2.04. The van der Waals surface area contributed by atoms with E-state index in [1.165, 1.54) is 6.07 Å². The van der Waals surface area contributed by atoms with Gasteiger partial charge in [0.2, 0.25) is 5.91 Å². The SMILES string of the molecule is O=C(Oc1ccc(Cl)cc1Cl)C1CC(=O)N(CCc2ccccc2)C1. The van der Waals surface area contributed by atoms with Crippen molar-refractivity contribution in [1.82, 2.24) is 4.90 Å². The number of ether oxygens (including phenoxy) is 1. The van der Waals surface area contributed by atoms with Gasteiger partial charge in [0.05, 0.1) is 10.9 Å². The molecule has 1 unspecified atom stereocenters. The molecule has 0 saturated carbocycles. The number of amides is 1. The van der Waals surface area contributed by atoms with Crippen LogP contribution in [0.3, 0.4) is 0 Å². The lowest BCUT2D eigenvalue weighted by Gasteiger charge is -2.16. The maximum atomic E-state index is 12.3. The topological polar surface area (TPSA) is 46.6 Å². The summed E-state index contributed by atoms with van der Waals surface area (Å²) in [7, 11) is 0. The van der Waals surface area contributed by atoms with Crippen LogP contribution < -0.4 is 4.74 Å². The van der Waals surface area contributed by atoms with Crippen LogP contribution in [0.1, 0.15) is 12.0 Å². The molecule has 1 heterocycles. The molecule has 0 radical (unpaired) electrons. The molecular formula is C19H17Cl2NO3. The molecule has 0 N–H and O–H groups in total. The van der Waals surface area contributed by atoms with Gasteiger partial charge >= 0.3 is 5.97 Å². The van der Waals surface area contributed by atoms with Gasteiger partial charge in [-0.25, -0.2) is 0 Å². The van der Waals surface area contributed by atoms with Crippen LogP contribution in [-0.4, -0.2) is 29.9 Å². The molecule has 2 aromatic carbocycles. The van der Waals surface area contributed by atoms with Crippen molar-refractivity contribution in [3.05, 3.63) is 64.1 Å². The summed E-state index contributed by atoms with van der Waals surface area (Å²) < 4.78 is 5.34. The molecule has 1 aliphatic rings. The Morgan fingerprint density at radius 2 is 1.92 bits per heavy atom. The average Bonchev–Trinajstić information content (AvgIpc) is 2.97. The molecule has 6 heteroatoms. The first-order valence-electron chi connectivity index (χ1n) is 8.01. The third-order valence-corrected chi connectivity index (χ3v) is 4.70. The number of benzene rings is 2. The maximum absolute atomic E-state index is 12.3. The molecule has 3 rings (SSSR count). The first-order chi connectivity index (χ1) is 12.0. The van der Waals surface area contributed by atoms with E-state index in [-0.39, 0.29) is 23.1 Å².